The van der Waals surface area contributed by atoms with Crippen LogP contribution in [-0.4, -0.2) is 45.4 Å². The van der Waals surface area contributed by atoms with Crippen molar-refractivity contribution in [2.45, 2.75) is 32.2 Å². The van der Waals surface area contributed by atoms with E-state index >= 15 is 0 Å². The van der Waals surface area contributed by atoms with Gasteiger partial charge in [-0.2, -0.15) is 0 Å². The van der Waals surface area contributed by atoms with Gasteiger partial charge in [0.25, 0.3) is 0 Å². The number of fused-ring (bicyclic) bond motifs is 1. The van der Waals surface area contributed by atoms with Crippen LogP contribution >= 0.6 is 0 Å². The molecule has 2 aromatic heterocycles. The van der Waals surface area contributed by atoms with Crippen LogP contribution < -0.4 is 4.90 Å². The van der Waals surface area contributed by atoms with Crippen LogP contribution in [0, 0.1) is 5.41 Å². The van der Waals surface area contributed by atoms with Gasteiger partial charge in [-0.3, -0.25) is 4.79 Å². The highest BCUT2D eigenvalue weighted by atomic mass is 16.2. The first-order valence-corrected chi connectivity index (χ1v) is 12.2. The van der Waals surface area contributed by atoms with E-state index in [1.165, 1.54) is 10.9 Å². The minimum Gasteiger partial charge on any atom is -0.361 e. The normalized spacial score (nSPS) is 18.1. The Hall–Kier alpha value is -3.67. The molecule has 0 atom stereocenters. The van der Waals surface area contributed by atoms with Gasteiger partial charge in [-0.05, 0) is 43.4 Å². The van der Waals surface area contributed by atoms with Crippen LogP contribution in [0.15, 0.2) is 73.1 Å². The molecule has 6 heteroatoms. The van der Waals surface area contributed by atoms with Crippen molar-refractivity contribution in [1.29, 1.82) is 0 Å². The van der Waals surface area contributed by atoms with Crippen LogP contribution in [-0.2, 0) is 11.3 Å². The summed E-state index contributed by atoms with van der Waals surface area (Å²) in [6.07, 6.45) is 7.65. The number of benzene rings is 2. The monoisotopic (exact) mass is 451 g/mol. The summed E-state index contributed by atoms with van der Waals surface area (Å²) >= 11 is 0. The maximum atomic E-state index is 13.7. The molecular formula is C28H29N5O. The van der Waals surface area contributed by atoms with Gasteiger partial charge in [0.15, 0.2) is 0 Å². The Morgan fingerprint density at radius 3 is 2.56 bits per heavy atom. The molecule has 1 amide bonds. The molecule has 0 radical (unpaired) electrons. The number of H-pyrrole nitrogens is 1. The number of amides is 1. The van der Waals surface area contributed by atoms with E-state index < -0.39 is 0 Å². The first-order chi connectivity index (χ1) is 16.7. The number of hydrogen-bond donors (Lipinski definition) is 1. The fourth-order valence-corrected chi connectivity index (χ4v) is 5.64. The molecule has 2 aliphatic heterocycles. The summed E-state index contributed by atoms with van der Waals surface area (Å²) in [4.78, 5) is 30.8. The summed E-state index contributed by atoms with van der Waals surface area (Å²) < 4.78 is 0. The smallest absolute Gasteiger partial charge is 0.229 e. The molecule has 0 bridgehead atoms. The lowest BCUT2D eigenvalue weighted by atomic mass is 9.71. The van der Waals surface area contributed by atoms with Crippen molar-refractivity contribution in [3.63, 3.8) is 0 Å². The molecule has 34 heavy (non-hydrogen) atoms. The van der Waals surface area contributed by atoms with E-state index in [9.17, 15) is 4.79 Å². The number of nitrogens with one attached hydrogen (secondary N) is 1. The largest absolute Gasteiger partial charge is 0.361 e. The zero-order valence-corrected chi connectivity index (χ0v) is 19.3. The van der Waals surface area contributed by atoms with Crippen molar-refractivity contribution in [2.24, 2.45) is 5.41 Å². The Morgan fingerprint density at radius 1 is 0.912 bits per heavy atom. The van der Waals surface area contributed by atoms with E-state index in [4.69, 9.17) is 4.98 Å². The van der Waals surface area contributed by atoms with Gasteiger partial charge in [0.2, 0.25) is 11.9 Å². The molecular weight excluding hydrogens is 422 g/mol. The van der Waals surface area contributed by atoms with Crippen molar-refractivity contribution >= 4 is 22.8 Å². The van der Waals surface area contributed by atoms with Crippen LogP contribution in [0.25, 0.3) is 22.2 Å². The molecule has 6 rings (SSSR count). The highest BCUT2D eigenvalue weighted by Gasteiger charge is 2.46. The number of likely N-dealkylation sites (tertiary alicyclic amines) is 1. The minimum absolute atomic E-state index is 0.252. The molecule has 0 saturated carbocycles. The molecule has 2 aliphatic rings. The predicted octanol–water partition coefficient (Wildman–Crippen LogP) is 5.03. The van der Waals surface area contributed by atoms with Gasteiger partial charge >= 0.3 is 0 Å². The fraction of sp³-hybridized carbons (Fsp3) is 0.321. The van der Waals surface area contributed by atoms with E-state index in [1.807, 2.05) is 36.5 Å². The summed E-state index contributed by atoms with van der Waals surface area (Å²) in [5, 5.41) is 1.21. The molecule has 1 N–H and O–H groups in total. The number of aromatic nitrogens is 3. The first-order valence-electron chi connectivity index (χ1n) is 12.2. The van der Waals surface area contributed by atoms with Crippen LogP contribution in [0.3, 0.4) is 0 Å². The second kappa shape index (κ2) is 8.60. The van der Waals surface area contributed by atoms with Gasteiger partial charge < -0.3 is 14.8 Å². The molecule has 4 heterocycles. The highest BCUT2D eigenvalue weighted by Crippen LogP contribution is 2.42. The number of hydrogen-bond acceptors (Lipinski definition) is 4. The maximum absolute atomic E-state index is 13.7. The number of rotatable bonds is 4. The number of carbonyl (C=O) groups excluding carboxylic acids is 1. The lowest BCUT2D eigenvalue weighted by molar-refractivity contribution is -0.148. The third-order valence-corrected chi connectivity index (χ3v) is 7.58. The maximum Gasteiger partial charge on any atom is 0.229 e. The Kier molecular flexibility index (Phi) is 5.28. The topological polar surface area (TPSA) is 65.1 Å². The molecule has 4 aromatic rings. The fourth-order valence-electron chi connectivity index (χ4n) is 5.64. The van der Waals surface area contributed by atoms with E-state index in [-0.39, 0.29) is 5.41 Å². The summed E-state index contributed by atoms with van der Waals surface area (Å²) in [6.45, 7) is 3.14. The van der Waals surface area contributed by atoms with Gasteiger partial charge in [0, 0.05) is 55.0 Å². The van der Waals surface area contributed by atoms with E-state index in [2.05, 4.69) is 56.3 Å². The van der Waals surface area contributed by atoms with Crippen molar-refractivity contribution in [1.82, 2.24) is 19.9 Å². The van der Waals surface area contributed by atoms with Crippen LogP contribution in [0.1, 0.15) is 31.2 Å². The van der Waals surface area contributed by atoms with Crippen molar-refractivity contribution in [2.75, 3.05) is 24.5 Å². The Morgan fingerprint density at radius 2 is 1.71 bits per heavy atom. The molecule has 2 fully saturated rings. The average Bonchev–Trinajstić information content (AvgIpc) is 3.31. The quantitative estimate of drug-likeness (QED) is 0.472. The van der Waals surface area contributed by atoms with E-state index in [0.717, 1.165) is 68.0 Å². The van der Waals surface area contributed by atoms with Crippen LogP contribution in [0.4, 0.5) is 5.95 Å². The summed E-state index contributed by atoms with van der Waals surface area (Å²) in [5.74, 6) is 1.08. The number of piperidine rings is 2. The number of nitrogens with zero attached hydrogens (tertiary/aromatic N) is 4. The Balaban J connectivity index is 1.16. The number of para-hydroxylation sites is 1. The first kappa shape index (κ1) is 20.9. The van der Waals surface area contributed by atoms with Crippen LogP contribution in [0.2, 0.25) is 0 Å². The predicted molar refractivity (Wildman–Crippen MR) is 134 cm³/mol. The number of carbonyl (C=O) groups is 1. The number of anilines is 1. The third-order valence-electron chi connectivity index (χ3n) is 7.58. The molecule has 172 valence electrons. The van der Waals surface area contributed by atoms with E-state index in [1.54, 1.807) is 0 Å². The van der Waals surface area contributed by atoms with Gasteiger partial charge in [-0.25, -0.2) is 9.97 Å². The van der Waals surface area contributed by atoms with Gasteiger partial charge in [-0.1, -0.05) is 48.5 Å². The molecule has 2 aromatic carbocycles. The van der Waals surface area contributed by atoms with Gasteiger partial charge in [-0.15, -0.1) is 0 Å². The number of aromatic amines is 1. The van der Waals surface area contributed by atoms with Crippen molar-refractivity contribution < 1.29 is 4.79 Å². The molecule has 0 aliphatic carbocycles. The summed E-state index contributed by atoms with van der Waals surface area (Å²) in [7, 11) is 0. The van der Waals surface area contributed by atoms with Gasteiger partial charge in [0.05, 0.1) is 11.1 Å². The second-order valence-electron chi connectivity index (χ2n) is 9.57. The molecule has 2 saturated heterocycles. The molecule has 0 unspecified atom stereocenters. The van der Waals surface area contributed by atoms with Gasteiger partial charge in [0.1, 0.15) is 0 Å². The summed E-state index contributed by atoms with van der Waals surface area (Å²) in [5.41, 5.74) is 4.10. The highest BCUT2D eigenvalue weighted by molar-refractivity contribution is 5.86. The standard InChI is InChI=1S/C28H29N5O/c34-26-28(12-6-16-33(26)20-22-19-30-25-10-5-4-9-23(22)25)13-17-32(18-14-28)27-29-15-11-24(31-27)21-7-2-1-3-8-21/h1-5,7-11,15,19,30H,6,12-14,16-18,20H2. The zero-order valence-electron chi connectivity index (χ0n) is 19.3. The van der Waals surface area contributed by atoms with Crippen molar-refractivity contribution in [3.8, 4) is 11.3 Å². The zero-order chi connectivity index (χ0) is 23.0. The lowest BCUT2D eigenvalue weighted by Crippen LogP contribution is -2.53. The third kappa shape index (κ3) is 3.73. The van der Waals surface area contributed by atoms with Crippen molar-refractivity contribution in [3.05, 3.63) is 78.6 Å². The molecule has 6 nitrogen and oxygen atoms in total. The lowest BCUT2D eigenvalue weighted by Gasteiger charge is -2.46. The Bertz CT molecular complexity index is 1310. The second-order valence-corrected chi connectivity index (χ2v) is 9.57. The van der Waals surface area contributed by atoms with E-state index in [0.29, 0.717) is 12.5 Å². The minimum atomic E-state index is -0.252. The Labute approximate surface area is 199 Å². The van der Waals surface area contributed by atoms with Crippen LogP contribution in [0.5, 0.6) is 0 Å². The molecule has 1 spiro atoms. The average molecular weight is 452 g/mol. The summed E-state index contributed by atoms with van der Waals surface area (Å²) in [6, 6.07) is 20.5. The SMILES string of the molecule is O=C1N(Cc2c[nH]c3ccccc23)CCCC12CCN(c1nccc(-c3ccccc3)n1)CC2.